The summed E-state index contributed by atoms with van der Waals surface area (Å²) in [6.07, 6.45) is 0.832. The number of carbonyl (C=O) groups excluding carboxylic acids is 4. The molecule has 0 bridgehead atoms. The van der Waals surface area contributed by atoms with Gasteiger partial charge in [-0.15, -0.1) is 11.3 Å². The third kappa shape index (κ3) is 6.95. The van der Waals surface area contributed by atoms with E-state index in [9.17, 15) is 19.2 Å². The number of rotatable bonds is 7. The highest BCUT2D eigenvalue weighted by atomic mass is 32.1. The Morgan fingerprint density at radius 1 is 1.24 bits per heavy atom. The molecule has 8 nitrogen and oxygen atoms in total. The predicted octanol–water partition coefficient (Wildman–Crippen LogP) is 2.84. The maximum absolute atomic E-state index is 13.2. The molecule has 0 spiro atoms. The zero-order chi connectivity index (χ0) is 23.8. The van der Waals surface area contributed by atoms with Gasteiger partial charge in [-0.2, -0.15) is 0 Å². The predicted molar refractivity (Wildman–Crippen MR) is 124 cm³/mol. The van der Waals surface area contributed by atoms with Crippen LogP contribution in [0.25, 0.3) is 0 Å². The number of ether oxygens (including phenoxy) is 1. The van der Waals surface area contributed by atoms with Crippen LogP contribution in [-0.4, -0.2) is 41.1 Å². The van der Waals surface area contributed by atoms with E-state index < -0.39 is 29.7 Å². The molecule has 2 atom stereocenters. The Morgan fingerprint density at radius 2 is 2.00 bits per heavy atom. The van der Waals surface area contributed by atoms with Crippen LogP contribution in [0.3, 0.4) is 0 Å². The molecule has 1 aromatic carbocycles. The van der Waals surface area contributed by atoms with Crippen molar-refractivity contribution in [2.24, 2.45) is 11.8 Å². The molecule has 2 unspecified atom stereocenters. The number of alkyl carbamates (subject to hydrolysis) is 1. The van der Waals surface area contributed by atoms with Crippen molar-refractivity contribution in [3.8, 4) is 0 Å². The topological polar surface area (TPSA) is 114 Å². The third-order valence-corrected chi connectivity index (χ3v) is 6.47. The minimum Gasteiger partial charge on any atom is -0.445 e. The minimum atomic E-state index is -0.833. The molecular weight excluding hydrogens is 442 g/mol. The first-order valence-corrected chi connectivity index (χ1v) is 12.0. The largest absolute Gasteiger partial charge is 0.445 e. The normalized spacial score (nSPS) is 17.6. The quantitative estimate of drug-likeness (QED) is 0.600. The van der Waals surface area contributed by atoms with Crippen molar-refractivity contribution in [3.63, 3.8) is 0 Å². The highest BCUT2D eigenvalue weighted by molar-refractivity contribution is 7.09. The van der Waals surface area contributed by atoms with E-state index in [-0.39, 0.29) is 31.1 Å². The Bertz CT molecular complexity index is 989. The first-order valence-electron chi connectivity index (χ1n) is 11.1. The summed E-state index contributed by atoms with van der Waals surface area (Å²) in [6, 6.07) is 8.40. The zero-order valence-electron chi connectivity index (χ0n) is 18.8. The number of nitrogens with one attached hydrogen (secondary N) is 2. The van der Waals surface area contributed by atoms with E-state index in [0.29, 0.717) is 19.4 Å². The van der Waals surface area contributed by atoms with Crippen molar-refractivity contribution in [1.29, 1.82) is 0 Å². The second-order valence-electron chi connectivity index (χ2n) is 8.45. The van der Waals surface area contributed by atoms with Gasteiger partial charge in [-0.3, -0.25) is 14.4 Å². The number of thiazole rings is 1. The highest BCUT2D eigenvalue weighted by Crippen LogP contribution is 2.24. The van der Waals surface area contributed by atoms with Crippen LogP contribution in [0.15, 0.2) is 35.8 Å². The smallest absolute Gasteiger partial charge is 0.408 e. The van der Waals surface area contributed by atoms with E-state index >= 15 is 0 Å². The number of fused-ring (bicyclic) bond motifs is 1. The van der Waals surface area contributed by atoms with Gasteiger partial charge in [0.05, 0.1) is 17.2 Å². The fourth-order valence-electron chi connectivity index (χ4n) is 3.76. The van der Waals surface area contributed by atoms with E-state index in [1.165, 1.54) is 11.3 Å². The van der Waals surface area contributed by atoms with Gasteiger partial charge in [-0.25, -0.2) is 9.78 Å². The minimum absolute atomic E-state index is 0.0844. The van der Waals surface area contributed by atoms with Crippen molar-refractivity contribution in [2.45, 2.75) is 52.2 Å². The Balaban J connectivity index is 1.67. The molecule has 1 aromatic heterocycles. The van der Waals surface area contributed by atoms with Gasteiger partial charge < -0.3 is 15.4 Å². The SMILES string of the molecule is CC(C)C(NC(=O)OCc1ccccc1)C(=O)CC1Cc2scnc2CCCNC(=O)C1=O. The van der Waals surface area contributed by atoms with E-state index in [2.05, 4.69) is 15.6 Å². The van der Waals surface area contributed by atoms with E-state index in [1.807, 2.05) is 44.2 Å². The van der Waals surface area contributed by atoms with Crippen LogP contribution in [0.4, 0.5) is 4.79 Å². The summed E-state index contributed by atoms with van der Waals surface area (Å²) in [5.74, 6) is -2.62. The van der Waals surface area contributed by atoms with Crippen LogP contribution in [0.5, 0.6) is 0 Å². The van der Waals surface area contributed by atoms with Gasteiger partial charge in [0.15, 0.2) is 5.78 Å². The summed E-state index contributed by atoms with van der Waals surface area (Å²) in [7, 11) is 0. The van der Waals surface area contributed by atoms with E-state index in [0.717, 1.165) is 16.1 Å². The molecule has 9 heteroatoms. The molecule has 33 heavy (non-hydrogen) atoms. The van der Waals surface area contributed by atoms with Gasteiger partial charge in [0.25, 0.3) is 5.91 Å². The number of Topliss-reactive ketones (excluding diaryl/α,β-unsaturated/α-hetero) is 2. The second kappa shape index (κ2) is 11.7. The number of nitrogens with zero attached hydrogens (tertiary/aromatic N) is 1. The van der Waals surface area contributed by atoms with Gasteiger partial charge in [0.2, 0.25) is 5.78 Å². The van der Waals surface area contributed by atoms with Crippen molar-refractivity contribution < 1.29 is 23.9 Å². The van der Waals surface area contributed by atoms with Crippen LogP contribution in [-0.2, 0) is 38.6 Å². The zero-order valence-corrected chi connectivity index (χ0v) is 19.7. The Hall–Kier alpha value is -3.07. The molecule has 2 aromatic rings. The Kier molecular flexibility index (Phi) is 8.71. The summed E-state index contributed by atoms with van der Waals surface area (Å²) in [4.78, 5) is 55.9. The lowest BCUT2D eigenvalue weighted by molar-refractivity contribution is -0.141. The lowest BCUT2D eigenvalue weighted by Crippen LogP contribution is -2.46. The van der Waals surface area contributed by atoms with Crippen LogP contribution in [0.1, 0.15) is 42.8 Å². The van der Waals surface area contributed by atoms with Crippen LogP contribution < -0.4 is 10.6 Å². The number of ketones is 2. The summed E-state index contributed by atoms with van der Waals surface area (Å²) in [6.45, 7) is 4.08. The number of hydrogen-bond donors (Lipinski definition) is 2. The molecule has 0 saturated carbocycles. The maximum Gasteiger partial charge on any atom is 0.408 e. The fraction of sp³-hybridized carbons (Fsp3) is 0.458. The van der Waals surface area contributed by atoms with Crippen molar-refractivity contribution in [1.82, 2.24) is 15.6 Å². The van der Waals surface area contributed by atoms with Gasteiger partial charge in [-0.1, -0.05) is 44.2 Å². The first-order chi connectivity index (χ1) is 15.8. The van der Waals surface area contributed by atoms with Crippen LogP contribution in [0.2, 0.25) is 0 Å². The van der Waals surface area contributed by atoms with Gasteiger partial charge in [0.1, 0.15) is 6.61 Å². The molecule has 0 radical (unpaired) electrons. The molecule has 1 aliphatic heterocycles. The molecule has 3 rings (SSSR count). The van der Waals surface area contributed by atoms with Gasteiger partial charge >= 0.3 is 6.09 Å². The van der Waals surface area contributed by atoms with Crippen LogP contribution >= 0.6 is 11.3 Å². The third-order valence-electron chi connectivity index (χ3n) is 5.57. The number of benzene rings is 1. The average molecular weight is 472 g/mol. The molecule has 176 valence electrons. The van der Waals surface area contributed by atoms with Gasteiger partial charge in [0, 0.05) is 23.8 Å². The monoisotopic (exact) mass is 471 g/mol. The number of aryl methyl sites for hydroxylation is 1. The Labute approximate surface area is 197 Å². The summed E-state index contributed by atoms with van der Waals surface area (Å²) in [5, 5.41) is 5.27. The number of hydrogen-bond acceptors (Lipinski definition) is 7. The highest BCUT2D eigenvalue weighted by Gasteiger charge is 2.33. The maximum atomic E-state index is 13.2. The molecule has 1 aliphatic rings. The molecule has 2 heterocycles. The van der Waals surface area contributed by atoms with Crippen molar-refractivity contribution >= 4 is 34.9 Å². The molecule has 0 aliphatic carbocycles. The van der Waals surface area contributed by atoms with Gasteiger partial charge in [-0.05, 0) is 30.7 Å². The van der Waals surface area contributed by atoms with E-state index in [4.69, 9.17) is 4.74 Å². The molecular formula is C24H29N3O5S. The van der Waals surface area contributed by atoms with Crippen LogP contribution in [0, 0.1) is 11.8 Å². The van der Waals surface area contributed by atoms with Crippen molar-refractivity contribution in [3.05, 3.63) is 52.0 Å². The molecule has 0 fully saturated rings. The molecule has 2 N–H and O–H groups in total. The second-order valence-corrected chi connectivity index (χ2v) is 9.38. The number of aromatic nitrogens is 1. The number of amides is 2. The lowest BCUT2D eigenvalue weighted by atomic mass is 9.87. The first kappa shape index (κ1) is 24.6. The Morgan fingerprint density at radius 3 is 2.73 bits per heavy atom. The summed E-state index contributed by atoms with van der Waals surface area (Å²) >= 11 is 1.43. The molecule has 2 amide bonds. The van der Waals surface area contributed by atoms with Crippen molar-refractivity contribution in [2.75, 3.05) is 6.54 Å². The van der Waals surface area contributed by atoms with E-state index in [1.54, 1.807) is 5.51 Å². The lowest BCUT2D eigenvalue weighted by Gasteiger charge is -2.23. The average Bonchev–Trinajstić information content (AvgIpc) is 3.24. The summed E-state index contributed by atoms with van der Waals surface area (Å²) < 4.78 is 5.25. The standard InChI is InChI=1S/C24H29N3O5S/c1-15(2)21(27-24(31)32-13-16-7-4-3-5-8-16)19(28)11-17-12-20-18(26-14-33-20)9-6-10-25-23(30)22(17)29/h3-5,7-8,14-15,17,21H,6,9-13H2,1-2H3,(H,25,30)(H,27,31). The summed E-state index contributed by atoms with van der Waals surface area (Å²) in [5.41, 5.74) is 3.46. The molecule has 0 saturated heterocycles. The number of carbonyl (C=O) groups is 4. The fourth-order valence-corrected chi connectivity index (χ4v) is 4.65.